The van der Waals surface area contributed by atoms with Crippen LogP contribution in [0, 0.1) is 5.82 Å². The molecular weight excluding hydrogens is 261 g/mol. The lowest BCUT2D eigenvalue weighted by Gasteiger charge is -2.04. The number of hydrogen-bond donors (Lipinski definition) is 2. The van der Waals surface area contributed by atoms with Crippen LogP contribution >= 0.6 is 15.9 Å². The highest BCUT2D eigenvalue weighted by atomic mass is 79.9. The number of rotatable bonds is 3. The first-order chi connectivity index (χ1) is 7.25. The maximum atomic E-state index is 13.1. The molecule has 0 aliphatic carbocycles. The minimum absolute atomic E-state index is 0.276. The number of hydrogen-bond acceptors (Lipinski definition) is 2. The van der Waals surface area contributed by atoms with Crippen LogP contribution < -0.4 is 5.32 Å². The van der Waals surface area contributed by atoms with Crippen LogP contribution in [0.15, 0.2) is 35.2 Å². The molecule has 0 unspecified atom stereocenters. The monoisotopic (exact) mass is 269 g/mol. The average molecular weight is 270 g/mol. The molecule has 0 radical (unpaired) electrons. The number of anilines is 1. The molecule has 0 bridgehead atoms. The smallest absolute Gasteiger partial charge is 0.139 e. The van der Waals surface area contributed by atoms with Crippen LogP contribution in [0.1, 0.15) is 5.69 Å². The zero-order valence-electron chi connectivity index (χ0n) is 7.80. The molecule has 5 heteroatoms. The van der Waals surface area contributed by atoms with Gasteiger partial charge in [-0.3, -0.25) is 0 Å². The van der Waals surface area contributed by atoms with Crippen molar-refractivity contribution >= 4 is 21.6 Å². The molecule has 2 rings (SSSR count). The molecule has 2 aromatic rings. The third-order valence-electron chi connectivity index (χ3n) is 1.95. The van der Waals surface area contributed by atoms with E-state index in [2.05, 4.69) is 31.2 Å². The lowest BCUT2D eigenvalue weighted by Crippen LogP contribution is -1.99. The highest BCUT2D eigenvalue weighted by Crippen LogP contribution is 2.19. The Morgan fingerprint density at radius 2 is 2.33 bits per heavy atom. The van der Waals surface area contributed by atoms with Gasteiger partial charge in [-0.25, -0.2) is 9.37 Å². The minimum atomic E-state index is -0.276. The fourth-order valence-corrected chi connectivity index (χ4v) is 1.43. The Morgan fingerprint density at radius 1 is 1.47 bits per heavy atom. The van der Waals surface area contributed by atoms with Crippen LogP contribution in [0.3, 0.4) is 0 Å². The number of H-pyrrole nitrogens is 1. The van der Waals surface area contributed by atoms with E-state index >= 15 is 0 Å². The van der Waals surface area contributed by atoms with E-state index in [0.29, 0.717) is 11.0 Å². The van der Waals surface area contributed by atoms with Gasteiger partial charge in [0.15, 0.2) is 0 Å². The first-order valence-electron chi connectivity index (χ1n) is 4.42. The predicted octanol–water partition coefficient (Wildman–Crippen LogP) is 2.92. The Labute approximate surface area is 94.9 Å². The van der Waals surface area contributed by atoms with E-state index in [0.717, 1.165) is 11.4 Å². The summed E-state index contributed by atoms with van der Waals surface area (Å²) >= 11 is 3.10. The summed E-state index contributed by atoms with van der Waals surface area (Å²) < 4.78 is 13.6. The molecule has 0 aliphatic heterocycles. The maximum absolute atomic E-state index is 13.1. The summed E-state index contributed by atoms with van der Waals surface area (Å²) in [5.74, 6) is -0.276. The summed E-state index contributed by atoms with van der Waals surface area (Å²) in [5, 5.41) is 3.07. The molecule has 0 saturated heterocycles. The minimum Gasteiger partial charge on any atom is -0.379 e. The summed E-state index contributed by atoms with van der Waals surface area (Å²) in [5.41, 5.74) is 1.62. The second kappa shape index (κ2) is 4.44. The zero-order valence-corrected chi connectivity index (χ0v) is 9.38. The van der Waals surface area contributed by atoms with Crippen molar-refractivity contribution in [3.05, 3.63) is 46.7 Å². The highest BCUT2D eigenvalue weighted by Gasteiger charge is 2.00. The standard InChI is InChI=1S/C10H9BrFN3/c11-9-2-1-7(3-10(9)12)14-5-8-4-13-6-15-8/h1-4,6,14H,5H2,(H,13,15). The molecule has 0 fully saturated rings. The summed E-state index contributed by atoms with van der Waals surface area (Å²) in [6.07, 6.45) is 3.40. The average Bonchev–Trinajstić information content (AvgIpc) is 2.73. The molecule has 3 nitrogen and oxygen atoms in total. The van der Waals surface area contributed by atoms with Crippen molar-refractivity contribution in [2.24, 2.45) is 0 Å². The molecule has 1 aromatic carbocycles. The molecule has 78 valence electrons. The van der Waals surface area contributed by atoms with Crippen molar-refractivity contribution in [3.63, 3.8) is 0 Å². The molecule has 15 heavy (non-hydrogen) atoms. The van der Waals surface area contributed by atoms with Gasteiger partial charge in [-0.05, 0) is 34.1 Å². The van der Waals surface area contributed by atoms with Crippen molar-refractivity contribution in [2.75, 3.05) is 5.32 Å². The Bertz CT molecular complexity index is 442. The summed E-state index contributed by atoms with van der Waals surface area (Å²) in [4.78, 5) is 6.90. The number of aromatic nitrogens is 2. The van der Waals surface area contributed by atoms with Gasteiger partial charge in [0.2, 0.25) is 0 Å². The first kappa shape index (κ1) is 10.2. The van der Waals surface area contributed by atoms with Crippen LogP contribution in [0.2, 0.25) is 0 Å². The molecule has 2 N–H and O–H groups in total. The van der Waals surface area contributed by atoms with E-state index in [1.165, 1.54) is 6.07 Å². The summed E-state index contributed by atoms with van der Waals surface area (Å²) in [7, 11) is 0. The predicted molar refractivity (Wildman–Crippen MR) is 60.0 cm³/mol. The lowest BCUT2D eigenvalue weighted by atomic mass is 10.3. The Morgan fingerprint density at radius 3 is 3.00 bits per heavy atom. The van der Waals surface area contributed by atoms with Gasteiger partial charge in [-0.2, -0.15) is 0 Å². The van der Waals surface area contributed by atoms with Crippen LogP contribution in [-0.2, 0) is 6.54 Å². The van der Waals surface area contributed by atoms with Gasteiger partial charge >= 0.3 is 0 Å². The van der Waals surface area contributed by atoms with E-state index in [1.807, 2.05) is 0 Å². The summed E-state index contributed by atoms with van der Waals surface area (Å²) in [6.45, 7) is 0.574. The Kier molecular flexibility index (Phi) is 3.01. The highest BCUT2D eigenvalue weighted by molar-refractivity contribution is 9.10. The molecule has 0 saturated carbocycles. The number of benzene rings is 1. The van der Waals surface area contributed by atoms with E-state index in [9.17, 15) is 4.39 Å². The second-order valence-corrected chi connectivity index (χ2v) is 3.90. The fraction of sp³-hybridized carbons (Fsp3) is 0.100. The summed E-state index contributed by atoms with van der Waals surface area (Å²) in [6, 6.07) is 4.92. The van der Waals surface area contributed by atoms with Gasteiger partial charge in [-0.1, -0.05) is 0 Å². The van der Waals surface area contributed by atoms with Crippen LogP contribution in [0.5, 0.6) is 0 Å². The van der Waals surface area contributed by atoms with Gasteiger partial charge in [0.25, 0.3) is 0 Å². The Hall–Kier alpha value is -1.36. The normalized spacial score (nSPS) is 10.3. The number of nitrogens with one attached hydrogen (secondary N) is 2. The molecule has 1 heterocycles. The van der Waals surface area contributed by atoms with Crippen molar-refractivity contribution in [1.29, 1.82) is 0 Å². The van der Waals surface area contributed by atoms with Crippen LogP contribution in [-0.4, -0.2) is 9.97 Å². The van der Waals surface area contributed by atoms with Gasteiger partial charge < -0.3 is 10.3 Å². The van der Waals surface area contributed by atoms with Crippen LogP contribution in [0.4, 0.5) is 10.1 Å². The molecule has 1 aromatic heterocycles. The van der Waals surface area contributed by atoms with Gasteiger partial charge in [-0.15, -0.1) is 0 Å². The van der Waals surface area contributed by atoms with E-state index in [-0.39, 0.29) is 5.82 Å². The van der Waals surface area contributed by atoms with Crippen molar-refractivity contribution in [2.45, 2.75) is 6.54 Å². The molecule has 0 spiro atoms. The fourth-order valence-electron chi connectivity index (χ4n) is 1.19. The van der Waals surface area contributed by atoms with E-state index in [1.54, 1.807) is 24.7 Å². The van der Waals surface area contributed by atoms with E-state index < -0.39 is 0 Å². The molecule has 0 aliphatic rings. The molecule has 0 atom stereocenters. The van der Waals surface area contributed by atoms with Crippen molar-refractivity contribution < 1.29 is 4.39 Å². The topological polar surface area (TPSA) is 40.7 Å². The van der Waals surface area contributed by atoms with E-state index in [4.69, 9.17) is 0 Å². The maximum Gasteiger partial charge on any atom is 0.139 e. The largest absolute Gasteiger partial charge is 0.379 e. The third kappa shape index (κ3) is 2.56. The first-order valence-corrected chi connectivity index (χ1v) is 5.21. The molecule has 0 amide bonds. The van der Waals surface area contributed by atoms with Crippen molar-refractivity contribution in [1.82, 2.24) is 9.97 Å². The van der Waals surface area contributed by atoms with Gasteiger partial charge in [0.05, 0.1) is 23.0 Å². The van der Waals surface area contributed by atoms with Gasteiger partial charge in [0, 0.05) is 11.9 Å². The number of aromatic amines is 1. The second-order valence-electron chi connectivity index (χ2n) is 3.04. The lowest BCUT2D eigenvalue weighted by molar-refractivity contribution is 0.621. The van der Waals surface area contributed by atoms with Gasteiger partial charge in [0.1, 0.15) is 5.82 Å². The number of imidazole rings is 1. The molecular formula is C10H9BrFN3. The number of nitrogens with zero attached hydrogens (tertiary/aromatic N) is 1. The zero-order chi connectivity index (χ0) is 10.7. The number of halogens is 2. The van der Waals surface area contributed by atoms with Crippen LogP contribution in [0.25, 0.3) is 0 Å². The Balaban J connectivity index is 2.02. The quantitative estimate of drug-likeness (QED) is 0.900. The SMILES string of the molecule is Fc1cc(NCc2c[nH]cn2)ccc1Br. The third-order valence-corrected chi connectivity index (χ3v) is 2.59. The van der Waals surface area contributed by atoms with Crippen molar-refractivity contribution in [3.8, 4) is 0 Å².